The number of para-hydroxylation sites is 1. The summed E-state index contributed by atoms with van der Waals surface area (Å²) in [6, 6.07) is 10.0. The fraction of sp³-hybridized carbons (Fsp3) is 0.111. The van der Waals surface area contributed by atoms with Crippen LogP contribution in [-0.4, -0.2) is 6.54 Å². The Hall–Kier alpha value is -0.760. The van der Waals surface area contributed by atoms with E-state index in [0.29, 0.717) is 0 Å². The zero-order valence-electron chi connectivity index (χ0n) is 6.18. The predicted octanol–water partition coefficient (Wildman–Crippen LogP) is 3.01. The monoisotopic (exact) mass is 211 g/mol. The smallest absolute Gasteiger partial charge is 0.0460 e. The first-order valence-electron chi connectivity index (χ1n) is 3.41. The highest BCUT2D eigenvalue weighted by Gasteiger charge is 1.88. The molecule has 0 fully saturated rings. The topological polar surface area (TPSA) is 12.0 Å². The Bertz CT molecular complexity index is 231. The number of nitrogens with one attached hydrogen (secondary N) is 1. The summed E-state index contributed by atoms with van der Waals surface area (Å²) in [5.41, 5.74) is 1.12. The van der Waals surface area contributed by atoms with Gasteiger partial charge in [-0.05, 0) is 12.1 Å². The van der Waals surface area contributed by atoms with E-state index in [-0.39, 0.29) is 0 Å². The van der Waals surface area contributed by atoms with Crippen LogP contribution in [0, 0.1) is 0 Å². The molecule has 0 unspecified atom stereocenters. The zero-order valence-corrected chi connectivity index (χ0v) is 7.76. The van der Waals surface area contributed by atoms with Gasteiger partial charge in [-0.15, -0.1) is 0 Å². The van der Waals surface area contributed by atoms with Gasteiger partial charge in [-0.25, -0.2) is 0 Å². The Balaban J connectivity index is 2.45. The van der Waals surface area contributed by atoms with Gasteiger partial charge in [0.1, 0.15) is 0 Å². The predicted molar refractivity (Wildman–Crippen MR) is 53.0 cm³/mol. The standard InChI is InChI=1S/C9H10BrN/c1-8(10)7-11-9-5-3-2-4-6-9/h2-6,11H,1,7H2. The Morgan fingerprint density at radius 2 is 2.00 bits per heavy atom. The van der Waals surface area contributed by atoms with Gasteiger partial charge in [-0.3, -0.25) is 0 Å². The molecule has 0 atom stereocenters. The van der Waals surface area contributed by atoms with Gasteiger partial charge in [0, 0.05) is 16.7 Å². The lowest BCUT2D eigenvalue weighted by Gasteiger charge is -2.03. The highest BCUT2D eigenvalue weighted by molar-refractivity contribution is 9.11. The van der Waals surface area contributed by atoms with E-state index < -0.39 is 0 Å². The number of hydrogen-bond acceptors (Lipinski definition) is 1. The molecule has 0 spiro atoms. The van der Waals surface area contributed by atoms with E-state index in [1.807, 2.05) is 30.3 Å². The van der Waals surface area contributed by atoms with Crippen molar-refractivity contribution in [3.63, 3.8) is 0 Å². The maximum atomic E-state index is 3.72. The Kier molecular flexibility index (Phi) is 3.17. The lowest BCUT2D eigenvalue weighted by atomic mass is 10.3. The molecule has 0 radical (unpaired) electrons. The summed E-state index contributed by atoms with van der Waals surface area (Å²) in [6.45, 7) is 4.49. The van der Waals surface area contributed by atoms with E-state index in [1.165, 1.54) is 0 Å². The summed E-state index contributed by atoms with van der Waals surface area (Å²) >= 11 is 3.27. The second kappa shape index (κ2) is 4.19. The van der Waals surface area contributed by atoms with Gasteiger partial charge in [0.05, 0.1) is 0 Å². The molecule has 0 aliphatic rings. The van der Waals surface area contributed by atoms with E-state index in [2.05, 4.69) is 27.8 Å². The summed E-state index contributed by atoms with van der Waals surface area (Å²) in [7, 11) is 0. The van der Waals surface area contributed by atoms with Gasteiger partial charge in [0.25, 0.3) is 0 Å². The Morgan fingerprint density at radius 1 is 1.36 bits per heavy atom. The number of halogens is 1. The average Bonchev–Trinajstić information content (AvgIpc) is 2.03. The van der Waals surface area contributed by atoms with Crippen LogP contribution in [-0.2, 0) is 0 Å². The van der Waals surface area contributed by atoms with E-state index >= 15 is 0 Å². The fourth-order valence-corrected chi connectivity index (χ4v) is 0.894. The van der Waals surface area contributed by atoms with Crippen molar-refractivity contribution in [3.8, 4) is 0 Å². The highest BCUT2D eigenvalue weighted by Crippen LogP contribution is 2.07. The first-order chi connectivity index (χ1) is 5.29. The molecule has 0 bridgehead atoms. The van der Waals surface area contributed by atoms with E-state index in [9.17, 15) is 0 Å². The first-order valence-corrected chi connectivity index (χ1v) is 4.20. The van der Waals surface area contributed by atoms with E-state index in [4.69, 9.17) is 0 Å². The second-order valence-electron chi connectivity index (χ2n) is 2.24. The fourth-order valence-electron chi connectivity index (χ4n) is 0.754. The quantitative estimate of drug-likeness (QED) is 0.811. The zero-order chi connectivity index (χ0) is 8.10. The number of benzene rings is 1. The van der Waals surface area contributed by atoms with E-state index in [0.717, 1.165) is 16.7 Å². The molecule has 0 aliphatic carbocycles. The van der Waals surface area contributed by atoms with Gasteiger partial charge in [0.2, 0.25) is 0 Å². The summed E-state index contributed by atoms with van der Waals surface area (Å²) in [5, 5.41) is 3.20. The third-order valence-corrected chi connectivity index (χ3v) is 1.54. The van der Waals surface area contributed by atoms with Crippen LogP contribution in [0.15, 0.2) is 41.4 Å². The van der Waals surface area contributed by atoms with E-state index in [1.54, 1.807) is 0 Å². The van der Waals surface area contributed by atoms with Crippen LogP contribution in [0.5, 0.6) is 0 Å². The number of rotatable bonds is 3. The maximum Gasteiger partial charge on any atom is 0.0460 e. The molecule has 1 aromatic carbocycles. The molecule has 0 aromatic heterocycles. The van der Waals surface area contributed by atoms with Crippen LogP contribution in [0.2, 0.25) is 0 Å². The molecule has 1 nitrogen and oxygen atoms in total. The van der Waals surface area contributed by atoms with Crippen molar-refractivity contribution < 1.29 is 0 Å². The molecule has 1 N–H and O–H groups in total. The van der Waals surface area contributed by atoms with Crippen LogP contribution in [0.3, 0.4) is 0 Å². The number of anilines is 1. The molecule has 0 amide bonds. The maximum absolute atomic E-state index is 3.72. The molecule has 0 aliphatic heterocycles. The highest BCUT2D eigenvalue weighted by atomic mass is 79.9. The molecule has 0 saturated carbocycles. The van der Waals surface area contributed by atoms with Crippen LogP contribution < -0.4 is 5.32 Å². The van der Waals surface area contributed by atoms with Gasteiger partial charge in [-0.1, -0.05) is 40.7 Å². The SMILES string of the molecule is C=C(Br)CNc1ccccc1. The van der Waals surface area contributed by atoms with Crippen LogP contribution in [0.25, 0.3) is 0 Å². The number of hydrogen-bond donors (Lipinski definition) is 1. The van der Waals surface area contributed by atoms with Gasteiger partial charge in [-0.2, -0.15) is 0 Å². The molecular weight excluding hydrogens is 202 g/mol. The third-order valence-electron chi connectivity index (χ3n) is 1.26. The minimum absolute atomic E-state index is 0.768. The molecule has 1 rings (SSSR count). The second-order valence-corrected chi connectivity index (χ2v) is 3.36. The van der Waals surface area contributed by atoms with Gasteiger partial charge in [0.15, 0.2) is 0 Å². The summed E-state index contributed by atoms with van der Waals surface area (Å²) in [6.07, 6.45) is 0. The Labute approximate surface area is 75.3 Å². The van der Waals surface area contributed by atoms with Crippen molar-refractivity contribution in [3.05, 3.63) is 41.4 Å². The van der Waals surface area contributed by atoms with Gasteiger partial charge >= 0.3 is 0 Å². The minimum Gasteiger partial charge on any atom is -0.380 e. The molecule has 58 valence electrons. The lowest BCUT2D eigenvalue weighted by Crippen LogP contribution is -1.99. The molecular formula is C9H10BrN. The van der Waals surface area contributed by atoms with Crippen LogP contribution in [0.4, 0.5) is 5.69 Å². The van der Waals surface area contributed by atoms with Crippen molar-refractivity contribution in [1.29, 1.82) is 0 Å². The molecule has 0 heterocycles. The largest absolute Gasteiger partial charge is 0.380 e. The molecule has 11 heavy (non-hydrogen) atoms. The van der Waals surface area contributed by atoms with Gasteiger partial charge < -0.3 is 5.32 Å². The lowest BCUT2D eigenvalue weighted by molar-refractivity contribution is 1.33. The average molecular weight is 212 g/mol. The van der Waals surface area contributed by atoms with Crippen molar-refractivity contribution in [2.75, 3.05) is 11.9 Å². The van der Waals surface area contributed by atoms with Crippen molar-refractivity contribution in [2.45, 2.75) is 0 Å². The van der Waals surface area contributed by atoms with Crippen molar-refractivity contribution >= 4 is 21.6 Å². The molecule has 1 aromatic rings. The molecule has 0 saturated heterocycles. The third kappa shape index (κ3) is 3.23. The normalized spacial score (nSPS) is 9.18. The van der Waals surface area contributed by atoms with Crippen LogP contribution in [0.1, 0.15) is 0 Å². The summed E-state index contributed by atoms with van der Waals surface area (Å²) < 4.78 is 0.960. The first kappa shape index (κ1) is 8.34. The van der Waals surface area contributed by atoms with Crippen molar-refractivity contribution in [2.24, 2.45) is 0 Å². The van der Waals surface area contributed by atoms with Crippen LogP contribution >= 0.6 is 15.9 Å². The minimum atomic E-state index is 0.768. The van der Waals surface area contributed by atoms with Crippen molar-refractivity contribution in [1.82, 2.24) is 0 Å². The molecule has 2 heteroatoms. The summed E-state index contributed by atoms with van der Waals surface area (Å²) in [5.74, 6) is 0. The Morgan fingerprint density at radius 3 is 2.55 bits per heavy atom. The summed E-state index contributed by atoms with van der Waals surface area (Å²) in [4.78, 5) is 0.